The average molecular weight is 333 g/mol. The van der Waals surface area contributed by atoms with E-state index < -0.39 is 20.6 Å². The zero-order valence-corrected chi connectivity index (χ0v) is 13.3. The van der Waals surface area contributed by atoms with Gasteiger partial charge in [-0.05, 0) is 36.8 Å². The second kappa shape index (κ2) is 5.01. The van der Waals surface area contributed by atoms with Crippen molar-refractivity contribution in [2.75, 3.05) is 5.32 Å². The Balaban J connectivity index is 2.24. The van der Waals surface area contributed by atoms with Gasteiger partial charge in [-0.2, -0.15) is 5.26 Å². The van der Waals surface area contributed by atoms with Crippen molar-refractivity contribution in [1.29, 1.82) is 5.26 Å². The lowest BCUT2D eigenvalue weighted by atomic mass is 9.94. The van der Waals surface area contributed by atoms with Crippen LogP contribution in [0, 0.1) is 11.3 Å². The number of halogens is 1. The number of rotatable bonds is 1. The van der Waals surface area contributed by atoms with Gasteiger partial charge in [-0.3, -0.25) is 0 Å². The van der Waals surface area contributed by atoms with E-state index in [1.165, 1.54) is 13.0 Å². The van der Waals surface area contributed by atoms with Crippen molar-refractivity contribution in [3.8, 4) is 6.07 Å². The maximum Gasteiger partial charge on any atom is 0.201 e. The third-order valence-electron chi connectivity index (χ3n) is 4.01. The summed E-state index contributed by atoms with van der Waals surface area (Å²) in [4.78, 5) is 0.157. The second-order valence-corrected chi connectivity index (χ2v) is 8.08. The number of nitrogens with zero attached hydrogens (tertiary/aromatic N) is 1. The highest BCUT2D eigenvalue weighted by atomic mass is 35.5. The summed E-state index contributed by atoms with van der Waals surface area (Å²) in [6.45, 7) is 1.45. The number of anilines is 1. The fourth-order valence-corrected chi connectivity index (χ4v) is 4.56. The molecule has 0 aliphatic carbocycles. The molecule has 1 aliphatic rings. The Morgan fingerprint density at radius 2 is 1.82 bits per heavy atom. The molecule has 112 valence electrons. The first kappa shape index (κ1) is 14.9. The first-order chi connectivity index (χ1) is 10.4. The van der Waals surface area contributed by atoms with Gasteiger partial charge in [0, 0.05) is 5.02 Å². The fraction of sp³-hybridized carbons (Fsp3) is 0.188. The Labute approximate surface area is 134 Å². The lowest BCUT2D eigenvalue weighted by Gasteiger charge is -2.38. The van der Waals surface area contributed by atoms with Crippen LogP contribution in [0.1, 0.15) is 18.5 Å². The average Bonchev–Trinajstić information content (AvgIpc) is 2.52. The summed E-state index contributed by atoms with van der Waals surface area (Å²) < 4.78 is 24.2. The van der Waals surface area contributed by atoms with Crippen LogP contribution < -0.4 is 5.32 Å². The summed E-state index contributed by atoms with van der Waals surface area (Å²) in [6, 6.07) is 14.8. The monoisotopic (exact) mass is 332 g/mol. The van der Waals surface area contributed by atoms with E-state index in [0.29, 0.717) is 16.3 Å². The van der Waals surface area contributed by atoms with Gasteiger partial charge in [-0.1, -0.05) is 35.9 Å². The smallest absolute Gasteiger partial charge is 0.201 e. The Hall–Kier alpha value is -2.03. The predicted octanol–water partition coefficient (Wildman–Crippen LogP) is 3.56. The van der Waals surface area contributed by atoms with E-state index in [4.69, 9.17) is 11.6 Å². The number of benzene rings is 2. The molecule has 0 saturated heterocycles. The minimum Gasteiger partial charge on any atom is -0.374 e. The number of para-hydroxylation sites is 1. The van der Waals surface area contributed by atoms with Gasteiger partial charge >= 0.3 is 0 Å². The molecule has 3 rings (SSSR count). The number of nitrogens with one attached hydrogen (secondary N) is 1. The summed E-state index contributed by atoms with van der Waals surface area (Å²) in [7, 11) is -3.80. The SMILES string of the molecule is CC1(C#N)C(c2ccc(Cl)cc2)Nc2ccccc2S1(=O)=O. The molecule has 22 heavy (non-hydrogen) atoms. The van der Waals surface area contributed by atoms with Gasteiger partial charge in [0.05, 0.1) is 22.7 Å². The van der Waals surface area contributed by atoms with Crippen LogP contribution in [-0.4, -0.2) is 13.2 Å². The molecule has 4 nitrogen and oxygen atoms in total. The summed E-state index contributed by atoms with van der Waals surface area (Å²) in [5.74, 6) is 0. The number of nitriles is 1. The lowest BCUT2D eigenvalue weighted by molar-refractivity contribution is 0.532. The fourth-order valence-electron chi connectivity index (χ4n) is 2.68. The molecule has 0 aromatic heterocycles. The molecule has 1 aliphatic heterocycles. The van der Waals surface area contributed by atoms with Crippen molar-refractivity contribution in [3.63, 3.8) is 0 Å². The Morgan fingerprint density at radius 1 is 1.18 bits per heavy atom. The van der Waals surface area contributed by atoms with Gasteiger partial charge in [0.1, 0.15) is 0 Å². The van der Waals surface area contributed by atoms with Crippen LogP contribution in [0.5, 0.6) is 0 Å². The topological polar surface area (TPSA) is 70.0 Å². The van der Waals surface area contributed by atoms with Crippen LogP contribution in [0.3, 0.4) is 0 Å². The van der Waals surface area contributed by atoms with Crippen LogP contribution in [0.2, 0.25) is 5.02 Å². The Bertz CT molecular complexity index is 872. The van der Waals surface area contributed by atoms with Gasteiger partial charge in [-0.25, -0.2) is 8.42 Å². The number of hydrogen-bond donors (Lipinski definition) is 1. The normalized spacial score (nSPS) is 25.6. The van der Waals surface area contributed by atoms with Gasteiger partial charge in [0.15, 0.2) is 4.75 Å². The predicted molar refractivity (Wildman–Crippen MR) is 85.5 cm³/mol. The lowest BCUT2D eigenvalue weighted by Crippen LogP contribution is -2.47. The molecule has 1 heterocycles. The molecule has 6 heteroatoms. The van der Waals surface area contributed by atoms with Gasteiger partial charge in [-0.15, -0.1) is 0 Å². The second-order valence-electron chi connectivity index (χ2n) is 5.35. The first-order valence-electron chi connectivity index (χ1n) is 6.67. The van der Waals surface area contributed by atoms with Gasteiger partial charge < -0.3 is 5.32 Å². The van der Waals surface area contributed by atoms with Gasteiger partial charge in [0.2, 0.25) is 9.84 Å². The number of sulfone groups is 1. The third kappa shape index (κ3) is 1.99. The maximum absolute atomic E-state index is 12.9. The highest BCUT2D eigenvalue weighted by Crippen LogP contribution is 2.45. The first-order valence-corrected chi connectivity index (χ1v) is 8.53. The summed E-state index contributed by atoms with van der Waals surface area (Å²) >= 11 is 5.89. The van der Waals surface area contributed by atoms with Crippen LogP contribution >= 0.6 is 11.6 Å². The molecule has 0 fully saturated rings. The molecular formula is C16H13ClN2O2S. The largest absolute Gasteiger partial charge is 0.374 e. The zero-order valence-electron chi connectivity index (χ0n) is 11.7. The zero-order chi connectivity index (χ0) is 16.0. The van der Waals surface area contributed by atoms with Crippen molar-refractivity contribution in [2.24, 2.45) is 0 Å². The van der Waals surface area contributed by atoms with Crippen molar-refractivity contribution in [2.45, 2.75) is 22.6 Å². The number of hydrogen-bond acceptors (Lipinski definition) is 4. The molecule has 0 radical (unpaired) electrons. The minimum absolute atomic E-state index is 0.157. The summed E-state index contributed by atoms with van der Waals surface area (Å²) in [5.41, 5.74) is 1.21. The van der Waals surface area contributed by atoms with Crippen LogP contribution in [0.25, 0.3) is 0 Å². The van der Waals surface area contributed by atoms with E-state index in [1.54, 1.807) is 42.5 Å². The van der Waals surface area contributed by atoms with E-state index in [0.717, 1.165) is 0 Å². The molecular weight excluding hydrogens is 320 g/mol. The van der Waals surface area contributed by atoms with E-state index in [-0.39, 0.29) is 4.90 Å². The van der Waals surface area contributed by atoms with E-state index in [9.17, 15) is 13.7 Å². The summed E-state index contributed by atoms with van der Waals surface area (Å²) in [5, 5.41) is 13.3. The minimum atomic E-state index is -3.80. The van der Waals surface area contributed by atoms with Crippen molar-refractivity contribution in [1.82, 2.24) is 0 Å². The molecule has 2 aromatic carbocycles. The van der Waals surface area contributed by atoms with Crippen LogP contribution in [0.4, 0.5) is 5.69 Å². The van der Waals surface area contributed by atoms with Crippen LogP contribution in [-0.2, 0) is 9.84 Å². The van der Waals surface area contributed by atoms with E-state index in [1.807, 2.05) is 6.07 Å². The van der Waals surface area contributed by atoms with Crippen molar-refractivity contribution < 1.29 is 8.42 Å². The molecule has 0 amide bonds. The third-order valence-corrected chi connectivity index (χ3v) is 6.64. The highest BCUT2D eigenvalue weighted by Gasteiger charge is 2.52. The van der Waals surface area contributed by atoms with E-state index >= 15 is 0 Å². The summed E-state index contributed by atoms with van der Waals surface area (Å²) in [6.07, 6.45) is 0. The molecule has 2 atom stereocenters. The van der Waals surface area contributed by atoms with Crippen molar-refractivity contribution in [3.05, 3.63) is 59.1 Å². The van der Waals surface area contributed by atoms with E-state index in [2.05, 4.69) is 5.32 Å². The van der Waals surface area contributed by atoms with Gasteiger partial charge in [0.25, 0.3) is 0 Å². The highest BCUT2D eigenvalue weighted by molar-refractivity contribution is 7.93. The number of fused-ring (bicyclic) bond motifs is 1. The van der Waals surface area contributed by atoms with Crippen LogP contribution in [0.15, 0.2) is 53.4 Å². The Morgan fingerprint density at radius 3 is 2.45 bits per heavy atom. The molecule has 1 N–H and O–H groups in total. The molecule has 2 unspecified atom stereocenters. The Kier molecular flexibility index (Phi) is 3.39. The quantitative estimate of drug-likeness (QED) is 0.866. The molecule has 0 bridgehead atoms. The molecule has 0 saturated carbocycles. The van der Waals surface area contributed by atoms with Crippen molar-refractivity contribution >= 4 is 27.1 Å². The molecule has 0 spiro atoms. The standard InChI is InChI=1S/C16H13ClN2O2S/c1-16(10-18)15(11-6-8-12(17)9-7-11)19-13-4-2-3-5-14(13)22(16,20)21/h2-9,15,19H,1H3. The molecule has 2 aromatic rings. The maximum atomic E-state index is 12.9.